The summed E-state index contributed by atoms with van der Waals surface area (Å²) in [5, 5.41) is 0. The highest BCUT2D eigenvalue weighted by atomic mass is 16.5. The average Bonchev–Trinajstić information content (AvgIpc) is 2.49. The molecule has 0 spiro atoms. The molecule has 2 aliphatic rings. The zero-order chi connectivity index (χ0) is 9.47. The Morgan fingerprint density at radius 2 is 2.15 bits per heavy atom. The van der Waals surface area contributed by atoms with Crippen LogP contribution < -0.4 is 0 Å². The Morgan fingerprint density at radius 1 is 1.46 bits per heavy atom. The smallest absolute Gasteiger partial charge is 0.0702 e. The van der Waals surface area contributed by atoms with Crippen LogP contribution in [0.2, 0.25) is 0 Å². The van der Waals surface area contributed by atoms with Gasteiger partial charge in [-0.05, 0) is 31.7 Å². The van der Waals surface area contributed by atoms with Crippen LogP contribution in [0, 0.1) is 5.41 Å². The van der Waals surface area contributed by atoms with E-state index in [9.17, 15) is 0 Å². The molecule has 1 heterocycles. The van der Waals surface area contributed by atoms with Gasteiger partial charge in [0.25, 0.3) is 0 Å². The van der Waals surface area contributed by atoms with Crippen molar-refractivity contribution in [1.82, 2.24) is 4.90 Å². The van der Waals surface area contributed by atoms with Gasteiger partial charge in [-0.2, -0.15) is 0 Å². The van der Waals surface area contributed by atoms with Gasteiger partial charge in [-0.3, -0.25) is 0 Å². The van der Waals surface area contributed by atoms with E-state index in [0.29, 0.717) is 11.5 Å². The van der Waals surface area contributed by atoms with Gasteiger partial charge in [0, 0.05) is 19.2 Å². The Balaban J connectivity index is 1.75. The van der Waals surface area contributed by atoms with Gasteiger partial charge in [0.2, 0.25) is 0 Å². The second-order valence-corrected chi connectivity index (χ2v) is 5.28. The van der Waals surface area contributed by atoms with E-state index in [1.807, 2.05) is 0 Å². The topological polar surface area (TPSA) is 12.5 Å². The van der Waals surface area contributed by atoms with Gasteiger partial charge < -0.3 is 9.64 Å². The van der Waals surface area contributed by atoms with E-state index in [-0.39, 0.29) is 0 Å². The van der Waals surface area contributed by atoms with Crippen LogP contribution in [0.25, 0.3) is 0 Å². The summed E-state index contributed by atoms with van der Waals surface area (Å²) in [5.74, 6) is 0. The molecule has 0 amide bonds. The molecule has 2 heteroatoms. The van der Waals surface area contributed by atoms with Crippen molar-refractivity contribution in [3.63, 3.8) is 0 Å². The maximum Gasteiger partial charge on any atom is 0.0702 e. The average molecular weight is 183 g/mol. The third-order valence-corrected chi connectivity index (χ3v) is 3.51. The molecule has 1 saturated carbocycles. The third kappa shape index (κ3) is 2.05. The lowest BCUT2D eigenvalue weighted by Crippen LogP contribution is -2.32. The Morgan fingerprint density at radius 3 is 2.62 bits per heavy atom. The van der Waals surface area contributed by atoms with Gasteiger partial charge >= 0.3 is 0 Å². The van der Waals surface area contributed by atoms with Gasteiger partial charge in [-0.15, -0.1) is 0 Å². The van der Waals surface area contributed by atoms with E-state index in [0.717, 1.165) is 19.2 Å². The SMILES string of the molecule is CN(C[C@H]1CCCO1)C1CC1(C)C. The summed E-state index contributed by atoms with van der Waals surface area (Å²) in [5.41, 5.74) is 0.563. The van der Waals surface area contributed by atoms with Crippen LogP contribution >= 0.6 is 0 Å². The number of hydrogen-bond donors (Lipinski definition) is 0. The summed E-state index contributed by atoms with van der Waals surface area (Å²) in [6.45, 7) is 6.81. The molecule has 2 rings (SSSR count). The first-order valence-corrected chi connectivity index (χ1v) is 5.41. The van der Waals surface area contributed by atoms with Gasteiger partial charge in [0.15, 0.2) is 0 Å². The number of likely N-dealkylation sites (N-methyl/N-ethyl adjacent to an activating group) is 1. The second kappa shape index (κ2) is 3.25. The highest BCUT2D eigenvalue weighted by Gasteiger charge is 2.48. The Labute approximate surface area is 81.3 Å². The predicted molar refractivity (Wildman–Crippen MR) is 53.8 cm³/mol. The van der Waals surface area contributed by atoms with Crippen molar-refractivity contribution in [2.75, 3.05) is 20.2 Å². The number of hydrogen-bond acceptors (Lipinski definition) is 2. The summed E-state index contributed by atoms with van der Waals surface area (Å²) in [4.78, 5) is 2.48. The van der Waals surface area contributed by atoms with E-state index in [2.05, 4.69) is 25.8 Å². The summed E-state index contributed by atoms with van der Waals surface area (Å²) >= 11 is 0. The monoisotopic (exact) mass is 183 g/mol. The number of ether oxygens (including phenoxy) is 1. The van der Waals surface area contributed by atoms with Crippen LogP contribution in [-0.2, 0) is 4.74 Å². The Bertz CT molecular complexity index is 185. The van der Waals surface area contributed by atoms with Gasteiger partial charge in [0.05, 0.1) is 6.10 Å². The van der Waals surface area contributed by atoms with Crippen LogP contribution in [0.1, 0.15) is 33.1 Å². The zero-order valence-electron chi connectivity index (χ0n) is 9.05. The fraction of sp³-hybridized carbons (Fsp3) is 1.00. The molecule has 1 unspecified atom stereocenters. The first kappa shape index (κ1) is 9.47. The Kier molecular flexibility index (Phi) is 2.37. The molecule has 2 nitrogen and oxygen atoms in total. The second-order valence-electron chi connectivity index (χ2n) is 5.28. The predicted octanol–water partition coefficient (Wildman–Crippen LogP) is 1.90. The van der Waals surface area contributed by atoms with Crippen LogP contribution in [0.3, 0.4) is 0 Å². The molecule has 0 radical (unpaired) electrons. The molecule has 1 saturated heterocycles. The lowest BCUT2D eigenvalue weighted by Gasteiger charge is -2.21. The van der Waals surface area contributed by atoms with Gasteiger partial charge in [-0.25, -0.2) is 0 Å². The largest absolute Gasteiger partial charge is 0.377 e. The Hall–Kier alpha value is -0.0800. The fourth-order valence-corrected chi connectivity index (χ4v) is 2.43. The zero-order valence-corrected chi connectivity index (χ0v) is 9.05. The lowest BCUT2D eigenvalue weighted by molar-refractivity contribution is 0.0759. The standard InChI is InChI=1S/C11H21NO/c1-11(2)7-10(11)12(3)8-9-5-4-6-13-9/h9-10H,4-8H2,1-3H3/t9-,10?/m1/s1. The molecule has 2 fully saturated rings. The molecule has 0 aromatic heterocycles. The number of rotatable bonds is 3. The van der Waals surface area contributed by atoms with Gasteiger partial charge in [-0.1, -0.05) is 13.8 Å². The molecule has 0 N–H and O–H groups in total. The molecule has 0 aromatic carbocycles. The van der Waals surface area contributed by atoms with E-state index in [1.54, 1.807) is 0 Å². The molecule has 76 valence electrons. The molecule has 0 aromatic rings. The highest BCUT2D eigenvalue weighted by Crippen LogP contribution is 2.48. The summed E-state index contributed by atoms with van der Waals surface area (Å²) in [6, 6.07) is 0.802. The summed E-state index contributed by atoms with van der Waals surface area (Å²) in [6.07, 6.45) is 4.39. The molecule has 1 aliphatic heterocycles. The van der Waals surface area contributed by atoms with E-state index in [4.69, 9.17) is 4.74 Å². The normalized spacial score (nSPS) is 36.9. The van der Waals surface area contributed by atoms with Crippen LogP contribution in [0.15, 0.2) is 0 Å². The summed E-state index contributed by atoms with van der Waals surface area (Å²) < 4.78 is 5.63. The minimum atomic E-state index is 0.515. The molecular weight excluding hydrogens is 162 g/mol. The van der Waals surface area contributed by atoms with Crippen molar-refractivity contribution < 1.29 is 4.74 Å². The van der Waals surface area contributed by atoms with E-state index < -0.39 is 0 Å². The minimum absolute atomic E-state index is 0.515. The number of nitrogens with zero attached hydrogens (tertiary/aromatic N) is 1. The van der Waals surface area contributed by atoms with Crippen molar-refractivity contribution in [3.05, 3.63) is 0 Å². The molecule has 0 bridgehead atoms. The van der Waals surface area contributed by atoms with Crippen molar-refractivity contribution in [2.24, 2.45) is 5.41 Å². The van der Waals surface area contributed by atoms with E-state index in [1.165, 1.54) is 19.3 Å². The highest BCUT2D eigenvalue weighted by molar-refractivity contribution is 5.02. The van der Waals surface area contributed by atoms with Gasteiger partial charge in [0.1, 0.15) is 0 Å². The van der Waals surface area contributed by atoms with Crippen LogP contribution in [0.5, 0.6) is 0 Å². The first-order chi connectivity index (χ1) is 6.09. The third-order valence-electron chi connectivity index (χ3n) is 3.51. The van der Waals surface area contributed by atoms with Crippen molar-refractivity contribution in [1.29, 1.82) is 0 Å². The molecule has 2 atom stereocenters. The summed E-state index contributed by atoms with van der Waals surface area (Å²) in [7, 11) is 2.24. The maximum atomic E-state index is 5.63. The minimum Gasteiger partial charge on any atom is -0.377 e. The van der Waals surface area contributed by atoms with Crippen molar-refractivity contribution in [2.45, 2.75) is 45.3 Å². The lowest BCUT2D eigenvalue weighted by atomic mass is 10.1. The van der Waals surface area contributed by atoms with E-state index >= 15 is 0 Å². The van der Waals surface area contributed by atoms with Crippen molar-refractivity contribution >= 4 is 0 Å². The fourth-order valence-electron chi connectivity index (χ4n) is 2.43. The van der Waals surface area contributed by atoms with Crippen molar-refractivity contribution in [3.8, 4) is 0 Å². The van der Waals surface area contributed by atoms with Crippen LogP contribution in [-0.4, -0.2) is 37.2 Å². The molecular formula is C11H21NO. The molecule has 13 heavy (non-hydrogen) atoms. The first-order valence-electron chi connectivity index (χ1n) is 5.41. The maximum absolute atomic E-state index is 5.63. The molecule has 1 aliphatic carbocycles. The quantitative estimate of drug-likeness (QED) is 0.662. The van der Waals surface area contributed by atoms with Crippen LogP contribution in [0.4, 0.5) is 0 Å².